The summed E-state index contributed by atoms with van der Waals surface area (Å²) >= 11 is 1.57. The molecule has 1 fully saturated rings. The molecular formula is C17H22FNO3S. The van der Waals surface area contributed by atoms with Crippen LogP contribution in [0.15, 0.2) is 24.3 Å². The molecule has 0 N–H and O–H groups in total. The summed E-state index contributed by atoms with van der Waals surface area (Å²) in [5.74, 6) is -0.485. The highest BCUT2D eigenvalue weighted by Gasteiger charge is 2.43. The fraction of sp³-hybridized carbons (Fsp3) is 0.529. The van der Waals surface area contributed by atoms with E-state index in [2.05, 4.69) is 0 Å². The Hall–Kier alpha value is -1.56. The van der Waals surface area contributed by atoms with Gasteiger partial charge >= 0.3 is 5.97 Å². The van der Waals surface area contributed by atoms with Gasteiger partial charge in [0.05, 0.1) is 12.0 Å². The number of halogens is 1. The van der Waals surface area contributed by atoms with Gasteiger partial charge in [-0.15, -0.1) is 11.8 Å². The highest BCUT2D eigenvalue weighted by atomic mass is 32.2. The highest BCUT2D eigenvalue weighted by molar-refractivity contribution is 8.00. The van der Waals surface area contributed by atoms with Crippen molar-refractivity contribution in [1.29, 1.82) is 0 Å². The molecule has 1 aliphatic heterocycles. The number of benzene rings is 1. The van der Waals surface area contributed by atoms with E-state index in [0.717, 1.165) is 6.42 Å². The molecule has 1 saturated heterocycles. The quantitative estimate of drug-likeness (QED) is 0.772. The van der Waals surface area contributed by atoms with E-state index in [1.54, 1.807) is 22.7 Å². The lowest BCUT2D eigenvalue weighted by atomic mass is 10.1. The molecule has 1 aliphatic rings. The number of rotatable bonds is 5. The Morgan fingerprint density at radius 2 is 2.17 bits per heavy atom. The SMILES string of the molecule is CCCOC(=O)C1CSC(C(C)C)N1C(=O)c1cccc(F)c1. The van der Waals surface area contributed by atoms with Crippen LogP contribution < -0.4 is 0 Å². The Balaban J connectivity index is 2.27. The van der Waals surface area contributed by atoms with Crippen LogP contribution >= 0.6 is 11.8 Å². The second-order valence-corrected chi connectivity index (χ2v) is 7.02. The van der Waals surface area contributed by atoms with E-state index in [1.807, 2.05) is 20.8 Å². The van der Waals surface area contributed by atoms with Crippen LogP contribution in [0.4, 0.5) is 4.39 Å². The van der Waals surface area contributed by atoms with E-state index in [4.69, 9.17) is 4.74 Å². The van der Waals surface area contributed by atoms with Crippen LogP contribution in [0.25, 0.3) is 0 Å². The van der Waals surface area contributed by atoms with Gasteiger partial charge in [0.25, 0.3) is 5.91 Å². The number of carbonyl (C=O) groups is 2. The van der Waals surface area contributed by atoms with Crippen molar-refractivity contribution in [1.82, 2.24) is 4.90 Å². The predicted octanol–water partition coefficient (Wildman–Crippen LogP) is 3.32. The van der Waals surface area contributed by atoms with Gasteiger partial charge in [0.1, 0.15) is 11.9 Å². The molecule has 6 heteroatoms. The summed E-state index contributed by atoms with van der Waals surface area (Å²) in [5, 5.41) is -0.120. The molecule has 0 bridgehead atoms. The van der Waals surface area contributed by atoms with E-state index >= 15 is 0 Å². The molecule has 0 radical (unpaired) electrons. The molecule has 4 nitrogen and oxygen atoms in total. The zero-order chi connectivity index (χ0) is 17.0. The summed E-state index contributed by atoms with van der Waals surface area (Å²) in [4.78, 5) is 26.7. The Kier molecular flexibility index (Phi) is 6.04. The average molecular weight is 339 g/mol. The normalized spacial score (nSPS) is 20.8. The number of carbonyl (C=O) groups excluding carboxylic acids is 2. The van der Waals surface area contributed by atoms with Crippen molar-refractivity contribution in [2.24, 2.45) is 5.92 Å². The van der Waals surface area contributed by atoms with Crippen molar-refractivity contribution in [3.63, 3.8) is 0 Å². The minimum absolute atomic E-state index is 0.120. The van der Waals surface area contributed by atoms with Crippen molar-refractivity contribution in [2.75, 3.05) is 12.4 Å². The number of amides is 1. The van der Waals surface area contributed by atoms with Gasteiger partial charge in [-0.25, -0.2) is 9.18 Å². The molecule has 0 aliphatic carbocycles. The fourth-order valence-electron chi connectivity index (χ4n) is 2.55. The lowest BCUT2D eigenvalue weighted by Crippen LogP contribution is -2.47. The average Bonchev–Trinajstić information content (AvgIpc) is 2.97. The first kappa shape index (κ1) is 17.8. The lowest BCUT2D eigenvalue weighted by molar-refractivity contribution is -0.148. The summed E-state index contributed by atoms with van der Waals surface area (Å²) in [7, 11) is 0. The third-order valence-electron chi connectivity index (χ3n) is 3.63. The molecule has 2 unspecified atom stereocenters. The Labute approximate surface area is 140 Å². The minimum atomic E-state index is -0.616. The van der Waals surface area contributed by atoms with Crippen molar-refractivity contribution in [3.05, 3.63) is 35.6 Å². The molecule has 2 atom stereocenters. The third-order valence-corrected chi connectivity index (χ3v) is 5.25. The minimum Gasteiger partial charge on any atom is -0.464 e. The van der Waals surface area contributed by atoms with Crippen molar-refractivity contribution in [3.8, 4) is 0 Å². The van der Waals surface area contributed by atoms with E-state index in [1.165, 1.54) is 18.2 Å². The van der Waals surface area contributed by atoms with Crippen molar-refractivity contribution in [2.45, 2.75) is 38.6 Å². The summed E-state index contributed by atoms with van der Waals surface area (Å²) in [6.45, 7) is 6.27. The second-order valence-electron chi connectivity index (χ2n) is 5.87. The number of hydrogen-bond acceptors (Lipinski definition) is 4. The zero-order valence-corrected chi connectivity index (χ0v) is 14.4. The van der Waals surface area contributed by atoms with Gasteiger partial charge in [-0.1, -0.05) is 26.8 Å². The monoisotopic (exact) mass is 339 g/mol. The highest BCUT2D eigenvalue weighted by Crippen LogP contribution is 2.35. The summed E-state index contributed by atoms with van der Waals surface area (Å²) in [6.07, 6.45) is 0.733. The third kappa shape index (κ3) is 4.05. The molecule has 1 aromatic carbocycles. The number of hydrogen-bond donors (Lipinski definition) is 0. The molecule has 0 spiro atoms. The maximum absolute atomic E-state index is 13.4. The number of thioether (sulfide) groups is 1. The van der Waals surface area contributed by atoms with Gasteiger partial charge in [0, 0.05) is 11.3 Å². The van der Waals surface area contributed by atoms with Crippen molar-refractivity contribution >= 4 is 23.6 Å². The second kappa shape index (κ2) is 7.81. The molecule has 1 heterocycles. The Bertz CT molecular complexity index is 579. The molecular weight excluding hydrogens is 317 g/mol. The van der Waals surface area contributed by atoms with Gasteiger partial charge in [0.2, 0.25) is 0 Å². The van der Waals surface area contributed by atoms with Gasteiger partial charge in [-0.3, -0.25) is 4.79 Å². The smallest absolute Gasteiger partial charge is 0.329 e. The first-order valence-corrected chi connectivity index (χ1v) is 8.87. The van der Waals surface area contributed by atoms with Crippen LogP contribution in [0.1, 0.15) is 37.6 Å². The van der Waals surface area contributed by atoms with Crippen LogP contribution in [0.3, 0.4) is 0 Å². The van der Waals surface area contributed by atoms with Crippen LogP contribution in [0, 0.1) is 11.7 Å². The van der Waals surface area contributed by atoms with Gasteiger partial charge < -0.3 is 9.64 Å². The summed E-state index contributed by atoms with van der Waals surface area (Å²) in [5.41, 5.74) is 0.256. The van der Waals surface area contributed by atoms with Crippen LogP contribution in [0.5, 0.6) is 0 Å². The fourth-order valence-corrected chi connectivity index (χ4v) is 4.01. The maximum atomic E-state index is 13.4. The molecule has 0 aromatic heterocycles. The van der Waals surface area contributed by atoms with E-state index in [-0.39, 0.29) is 28.7 Å². The number of ether oxygens (including phenoxy) is 1. The van der Waals surface area contributed by atoms with Crippen LogP contribution in [0.2, 0.25) is 0 Å². The van der Waals surface area contributed by atoms with Crippen molar-refractivity contribution < 1.29 is 18.7 Å². The van der Waals surface area contributed by atoms with Gasteiger partial charge in [-0.05, 0) is 30.5 Å². The van der Waals surface area contributed by atoms with E-state index in [0.29, 0.717) is 12.4 Å². The standard InChI is InChI=1S/C17H22FNO3S/c1-4-8-22-17(21)14-10-23-16(11(2)3)19(14)15(20)12-6-5-7-13(18)9-12/h5-7,9,11,14,16H,4,8,10H2,1-3H3. The van der Waals surface area contributed by atoms with Gasteiger partial charge in [-0.2, -0.15) is 0 Å². The van der Waals surface area contributed by atoms with Gasteiger partial charge in [0.15, 0.2) is 0 Å². The largest absolute Gasteiger partial charge is 0.464 e. The zero-order valence-electron chi connectivity index (χ0n) is 13.6. The van der Waals surface area contributed by atoms with Crippen LogP contribution in [-0.2, 0) is 9.53 Å². The molecule has 0 saturated carbocycles. The first-order chi connectivity index (χ1) is 11.0. The number of esters is 1. The summed E-state index contributed by atoms with van der Waals surface area (Å²) < 4.78 is 18.6. The summed E-state index contributed by atoms with van der Waals surface area (Å²) in [6, 6.07) is 4.95. The molecule has 23 heavy (non-hydrogen) atoms. The number of nitrogens with zero attached hydrogens (tertiary/aromatic N) is 1. The Morgan fingerprint density at radius 3 is 2.78 bits per heavy atom. The lowest BCUT2D eigenvalue weighted by Gasteiger charge is -2.30. The maximum Gasteiger partial charge on any atom is 0.329 e. The Morgan fingerprint density at radius 1 is 1.43 bits per heavy atom. The molecule has 1 aromatic rings. The van der Waals surface area contributed by atoms with E-state index < -0.39 is 11.9 Å². The first-order valence-electron chi connectivity index (χ1n) is 7.82. The molecule has 1 amide bonds. The topological polar surface area (TPSA) is 46.6 Å². The molecule has 2 rings (SSSR count). The predicted molar refractivity (Wildman–Crippen MR) is 88.7 cm³/mol. The molecule has 126 valence electrons. The van der Waals surface area contributed by atoms with E-state index in [9.17, 15) is 14.0 Å². The van der Waals surface area contributed by atoms with Crippen LogP contribution in [-0.4, -0.2) is 40.6 Å².